The third-order valence-corrected chi connectivity index (χ3v) is 5.03. The van der Waals surface area contributed by atoms with E-state index in [-0.39, 0.29) is 11.6 Å². The van der Waals surface area contributed by atoms with Crippen molar-refractivity contribution in [2.24, 2.45) is 0 Å². The normalized spacial score (nSPS) is 14.8. The predicted octanol–water partition coefficient (Wildman–Crippen LogP) is 4.14. The highest BCUT2D eigenvalue weighted by Gasteiger charge is 2.24. The van der Waals surface area contributed by atoms with Gasteiger partial charge in [-0.25, -0.2) is 0 Å². The molecule has 0 radical (unpaired) electrons. The average molecular weight is 330 g/mol. The number of hydrogen-bond acceptors (Lipinski definition) is 4. The smallest absolute Gasteiger partial charge is 0.185 e. The van der Waals surface area contributed by atoms with Gasteiger partial charge in [-0.1, -0.05) is 0 Å². The van der Waals surface area contributed by atoms with Gasteiger partial charge in [-0.15, -0.1) is 0 Å². The van der Waals surface area contributed by atoms with Crippen LogP contribution in [0.15, 0.2) is 22.3 Å². The summed E-state index contributed by atoms with van der Waals surface area (Å²) in [6.07, 6.45) is 0. The lowest BCUT2D eigenvalue weighted by molar-refractivity contribution is -0.116. The van der Waals surface area contributed by atoms with Crippen molar-refractivity contribution in [2.75, 3.05) is 0 Å². The minimum absolute atomic E-state index is 0.00426. The topological polar surface area (TPSA) is 74.6 Å². The lowest BCUT2D eigenvalue weighted by atomic mass is 9.87. The van der Waals surface area contributed by atoms with Gasteiger partial charge in [0.05, 0.1) is 0 Å². The first kappa shape index (κ1) is 19.7. The van der Waals surface area contributed by atoms with Crippen LogP contribution in [0.4, 0.5) is 0 Å². The van der Waals surface area contributed by atoms with E-state index in [4.69, 9.17) is 0 Å². The minimum atomic E-state index is 0.00426. The second-order valence-corrected chi connectivity index (χ2v) is 6.36. The van der Waals surface area contributed by atoms with E-state index in [1.165, 1.54) is 0 Å². The van der Waals surface area contributed by atoms with E-state index in [2.05, 4.69) is 0 Å². The highest BCUT2D eigenvalue weighted by atomic mass is 16.3. The molecule has 0 aromatic heterocycles. The number of phenols is 2. The van der Waals surface area contributed by atoms with Crippen molar-refractivity contribution in [3.8, 4) is 11.5 Å². The summed E-state index contributed by atoms with van der Waals surface area (Å²) < 4.78 is 0. The van der Waals surface area contributed by atoms with E-state index in [0.717, 1.165) is 22.3 Å². The van der Waals surface area contributed by atoms with Gasteiger partial charge in [-0.2, -0.15) is 0 Å². The van der Waals surface area contributed by atoms with Crippen LogP contribution >= 0.6 is 0 Å². The molecule has 0 spiro atoms. The molecule has 130 valence electrons. The van der Waals surface area contributed by atoms with E-state index in [1.54, 1.807) is 55.4 Å². The maximum atomic E-state index is 11.4. The summed E-state index contributed by atoms with van der Waals surface area (Å²) >= 11 is 0. The molecule has 1 aromatic carbocycles. The fraction of sp³-hybridized carbons (Fsp3) is 0.400. The molecule has 0 bridgehead atoms. The molecule has 0 saturated carbocycles. The number of benzene rings is 1. The summed E-state index contributed by atoms with van der Waals surface area (Å²) in [5.74, 6) is 0.597. The molecule has 0 saturated heterocycles. The maximum absolute atomic E-state index is 11.4. The standard InChI is InChI=1S/C10H14O2.C10H12O2/c2*1-5-6(2)10(12)8(4)7(3)9(5)11/h11-12H,1-4H3;1-4H3. The molecule has 1 aromatic rings. The van der Waals surface area contributed by atoms with Crippen molar-refractivity contribution in [1.29, 1.82) is 0 Å². The van der Waals surface area contributed by atoms with Crippen LogP contribution in [0.5, 0.6) is 11.5 Å². The minimum Gasteiger partial charge on any atom is -0.507 e. The summed E-state index contributed by atoms with van der Waals surface area (Å²) in [5, 5.41) is 19.2. The molecular weight excluding hydrogens is 304 g/mol. The Balaban J connectivity index is 0.000000240. The number of carbonyl (C=O) groups excluding carboxylic acids is 2. The molecule has 1 aliphatic carbocycles. The van der Waals surface area contributed by atoms with Gasteiger partial charge in [0.25, 0.3) is 0 Å². The lowest BCUT2D eigenvalue weighted by Gasteiger charge is -2.15. The molecule has 4 heteroatoms. The van der Waals surface area contributed by atoms with E-state index >= 15 is 0 Å². The van der Waals surface area contributed by atoms with Crippen molar-refractivity contribution >= 4 is 11.6 Å². The van der Waals surface area contributed by atoms with Gasteiger partial charge in [-0.05, 0) is 77.6 Å². The second kappa shape index (κ2) is 7.04. The summed E-state index contributed by atoms with van der Waals surface area (Å²) in [4.78, 5) is 22.8. The zero-order valence-electron chi connectivity index (χ0n) is 15.7. The third kappa shape index (κ3) is 3.28. The molecule has 0 heterocycles. The highest BCUT2D eigenvalue weighted by molar-refractivity contribution is 6.24. The quantitative estimate of drug-likeness (QED) is 0.554. The first-order chi connectivity index (χ1) is 10.9. The number of carbonyl (C=O) groups is 2. The highest BCUT2D eigenvalue weighted by Crippen LogP contribution is 2.35. The fourth-order valence-electron chi connectivity index (χ4n) is 2.52. The average Bonchev–Trinajstić information content (AvgIpc) is 2.58. The fourth-order valence-corrected chi connectivity index (χ4v) is 2.52. The van der Waals surface area contributed by atoms with Gasteiger partial charge in [0.15, 0.2) is 11.6 Å². The van der Waals surface area contributed by atoms with E-state index in [9.17, 15) is 19.8 Å². The molecule has 1 aliphatic rings. The van der Waals surface area contributed by atoms with Crippen LogP contribution in [0.2, 0.25) is 0 Å². The van der Waals surface area contributed by atoms with Crippen LogP contribution in [0.3, 0.4) is 0 Å². The van der Waals surface area contributed by atoms with Gasteiger partial charge in [0.1, 0.15) is 11.5 Å². The molecule has 0 aliphatic heterocycles. The van der Waals surface area contributed by atoms with Crippen molar-refractivity contribution in [2.45, 2.75) is 55.4 Å². The van der Waals surface area contributed by atoms with E-state index < -0.39 is 0 Å². The number of phenolic OH excluding ortho intramolecular Hbond substituents is 2. The first-order valence-corrected chi connectivity index (χ1v) is 7.86. The first-order valence-electron chi connectivity index (χ1n) is 7.86. The SMILES string of the molecule is CC1=C(C)C(=O)C(C)=C(C)C1=O.Cc1c(C)c(O)c(C)c(C)c1O. The van der Waals surface area contributed by atoms with Crippen LogP contribution in [-0.4, -0.2) is 21.8 Å². The van der Waals surface area contributed by atoms with E-state index in [0.29, 0.717) is 33.8 Å². The number of hydrogen-bond donors (Lipinski definition) is 2. The van der Waals surface area contributed by atoms with Crippen LogP contribution in [0.25, 0.3) is 0 Å². The van der Waals surface area contributed by atoms with Gasteiger partial charge < -0.3 is 10.2 Å². The summed E-state index contributed by atoms with van der Waals surface area (Å²) in [6.45, 7) is 14.0. The molecule has 0 unspecified atom stereocenters. The van der Waals surface area contributed by atoms with Crippen molar-refractivity contribution < 1.29 is 19.8 Å². The summed E-state index contributed by atoms with van der Waals surface area (Å²) in [5.41, 5.74) is 5.38. The molecular formula is C20H26O4. The Bertz CT molecular complexity index is 625. The van der Waals surface area contributed by atoms with Crippen LogP contribution in [0, 0.1) is 27.7 Å². The Kier molecular flexibility index (Phi) is 5.77. The van der Waals surface area contributed by atoms with Crippen molar-refractivity contribution in [3.05, 3.63) is 44.5 Å². The summed E-state index contributed by atoms with van der Waals surface area (Å²) in [7, 11) is 0. The Morgan fingerprint density at radius 2 is 0.625 bits per heavy atom. The second-order valence-electron chi connectivity index (χ2n) is 6.36. The molecule has 4 nitrogen and oxygen atoms in total. The zero-order chi connectivity index (χ0) is 18.9. The Morgan fingerprint density at radius 3 is 0.792 bits per heavy atom. The lowest BCUT2D eigenvalue weighted by Crippen LogP contribution is -2.18. The molecule has 24 heavy (non-hydrogen) atoms. The molecule has 0 amide bonds. The van der Waals surface area contributed by atoms with Gasteiger partial charge in [0.2, 0.25) is 0 Å². The molecule has 2 N–H and O–H groups in total. The number of allylic oxidation sites excluding steroid dienone is 4. The van der Waals surface area contributed by atoms with Crippen LogP contribution < -0.4 is 0 Å². The van der Waals surface area contributed by atoms with Gasteiger partial charge in [0, 0.05) is 22.3 Å². The van der Waals surface area contributed by atoms with Crippen molar-refractivity contribution in [3.63, 3.8) is 0 Å². The molecule has 0 fully saturated rings. The maximum Gasteiger partial charge on any atom is 0.185 e. The summed E-state index contributed by atoms with van der Waals surface area (Å²) in [6, 6.07) is 0. The van der Waals surface area contributed by atoms with Crippen molar-refractivity contribution in [1.82, 2.24) is 0 Å². The zero-order valence-corrected chi connectivity index (χ0v) is 15.7. The number of aromatic hydroxyl groups is 2. The number of rotatable bonds is 0. The molecule has 0 atom stereocenters. The van der Waals surface area contributed by atoms with E-state index in [1.807, 2.05) is 0 Å². The third-order valence-electron chi connectivity index (χ3n) is 5.03. The largest absolute Gasteiger partial charge is 0.507 e. The van der Waals surface area contributed by atoms with Crippen LogP contribution in [-0.2, 0) is 9.59 Å². The Hall–Kier alpha value is -2.36. The van der Waals surface area contributed by atoms with Gasteiger partial charge in [-0.3, -0.25) is 9.59 Å². The predicted molar refractivity (Wildman–Crippen MR) is 95.5 cm³/mol. The van der Waals surface area contributed by atoms with Gasteiger partial charge >= 0.3 is 0 Å². The monoisotopic (exact) mass is 330 g/mol. The Labute approximate surface area is 143 Å². The number of ketones is 2. The number of Topliss-reactive ketones (excluding diaryl/α,β-unsaturated/α-hetero) is 2. The molecule has 2 rings (SSSR count). The Morgan fingerprint density at radius 1 is 0.458 bits per heavy atom. The van der Waals surface area contributed by atoms with Crippen LogP contribution in [0.1, 0.15) is 49.9 Å².